The van der Waals surface area contributed by atoms with Gasteiger partial charge in [-0.2, -0.15) is 0 Å². The summed E-state index contributed by atoms with van der Waals surface area (Å²) in [6.45, 7) is 3.66. The number of amides is 1. The van der Waals surface area contributed by atoms with Crippen LogP contribution < -0.4 is 5.32 Å². The Labute approximate surface area is 134 Å². The van der Waals surface area contributed by atoms with Crippen LogP contribution in [0.1, 0.15) is 55.3 Å². The van der Waals surface area contributed by atoms with Crippen LogP contribution in [-0.2, 0) is 0 Å². The number of nitrogens with one attached hydrogen (secondary N) is 1. The molecule has 1 aliphatic heterocycles. The third kappa shape index (κ3) is 4.10. The summed E-state index contributed by atoms with van der Waals surface area (Å²) in [6, 6.07) is 9.97. The zero-order valence-electron chi connectivity index (χ0n) is 13.5. The highest BCUT2D eigenvalue weighted by atomic mass is 16.1. The third-order valence-electron chi connectivity index (χ3n) is 5.20. The highest BCUT2D eigenvalue weighted by molar-refractivity contribution is 5.94. The van der Waals surface area contributed by atoms with E-state index in [1.165, 1.54) is 58.2 Å². The minimum atomic E-state index is 0.0937. The smallest absolute Gasteiger partial charge is 0.251 e. The number of likely N-dealkylation sites (tertiary alicyclic amines) is 1. The van der Waals surface area contributed by atoms with Crippen LogP contribution in [0.15, 0.2) is 30.3 Å². The van der Waals surface area contributed by atoms with Gasteiger partial charge >= 0.3 is 0 Å². The number of carbonyl (C=O) groups excluding carboxylic acids is 1. The van der Waals surface area contributed by atoms with Crippen LogP contribution in [0.4, 0.5) is 0 Å². The van der Waals surface area contributed by atoms with Crippen molar-refractivity contribution in [3.05, 3.63) is 35.9 Å². The summed E-state index contributed by atoms with van der Waals surface area (Å²) in [7, 11) is 0. The van der Waals surface area contributed by atoms with Crippen molar-refractivity contribution in [2.24, 2.45) is 5.92 Å². The van der Waals surface area contributed by atoms with Crippen LogP contribution >= 0.6 is 0 Å². The number of hydrogen-bond acceptors (Lipinski definition) is 2. The maximum absolute atomic E-state index is 12.4. The highest BCUT2D eigenvalue weighted by Gasteiger charge is 2.28. The summed E-state index contributed by atoms with van der Waals surface area (Å²) in [6.07, 6.45) is 9.02. The van der Waals surface area contributed by atoms with E-state index in [0.717, 1.165) is 12.0 Å². The summed E-state index contributed by atoms with van der Waals surface area (Å²) >= 11 is 0. The number of benzene rings is 1. The fourth-order valence-corrected chi connectivity index (χ4v) is 3.93. The van der Waals surface area contributed by atoms with Crippen molar-refractivity contribution >= 4 is 5.91 Å². The quantitative estimate of drug-likeness (QED) is 0.923. The Hall–Kier alpha value is -1.35. The van der Waals surface area contributed by atoms with Gasteiger partial charge in [0.2, 0.25) is 0 Å². The summed E-state index contributed by atoms with van der Waals surface area (Å²) < 4.78 is 0. The number of rotatable bonds is 4. The molecule has 0 spiro atoms. The molecule has 0 bridgehead atoms. The lowest BCUT2D eigenvalue weighted by Gasteiger charge is -2.37. The lowest BCUT2D eigenvalue weighted by atomic mass is 9.83. The minimum Gasteiger partial charge on any atom is -0.349 e. The number of piperidine rings is 1. The monoisotopic (exact) mass is 300 g/mol. The fourth-order valence-electron chi connectivity index (χ4n) is 3.93. The fraction of sp³-hybridized carbons (Fsp3) is 0.632. The largest absolute Gasteiger partial charge is 0.349 e. The van der Waals surface area contributed by atoms with Crippen LogP contribution in [0.3, 0.4) is 0 Å². The molecule has 1 amide bonds. The second-order valence-electron chi connectivity index (χ2n) is 6.85. The Balaban J connectivity index is 1.58. The average Bonchev–Trinajstić information content (AvgIpc) is 2.58. The molecule has 2 aliphatic rings. The molecule has 2 fully saturated rings. The molecule has 3 nitrogen and oxygen atoms in total. The number of hydrogen-bond donors (Lipinski definition) is 1. The molecule has 3 rings (SSSR count). The van der Waals surface area contributed by atoms with Gasteiger partial charge in [-0.1, -0.05) is 37.5 Å². The normalized spacial score (nSPS) is 26.5. The first-order chi connectivity index (χ1) is 10.8. The van der Waals surface area contributed by atoms with Crippen molar-refractivity contribution in [3.8, 4) is 0 Å². The van der Waals surface area contributed by atoms with E-state index in [1.54, 1.807) is 0 Å². The number of nitrogens with zero attached hydrogens (tertiary/aromatic N) is 1. The topological polar surface area (TPSA) is 32.3 Å². The highest BCUT2D eigenvalue weighted by Crippen LogP contribution is 2.26. The van der Waals surface area contributed by atoms with Gasteiger partial charge in [0.25, 0.3) is 5.91 Å². The average molecular weight is 300 g/mol. The Morgan fingerprint density at radius 2 is 1.73 bits per heavy atom. The summed E-state index contributed by atoms with van der Waals surface area (Å²) in [5, 5.41) is 3.31. The van der Waals surface area contributed by atoms with Crippen LogP contribution in [0, 0.1) is 5.92 Å². The lowest BCUT2D eigenvalue weighted by Crippen LogP contribution is -2.47. The predicted octanol–water partition coefficient (Wildman–Crippen LogP) is 3.46. The van der Waals surface area contributed by atoms with E-state index in [4.69, 9.17) is 0 Å². The van der Waals surface area contributed by atoms with Crippen molar-refractivity contribution in [1.82, 2.24) is 10.2 Å². The maximum Gasteiger partial charge on any atom is 0.251 e. The molecule has 0 unspecified atom stereocenters. The molecule has 1 heterocycles. The van der Waals surface area contributed by atoms with Crippen molar-refractivity contribution < 1.29 is 4.79 Å². The van der Waals surface area contributed by atoms with Gasteiger partial charge in [0.15, 0.2) is 0 Å². The maximum atomic E-state index is 12.4. The van der Waals surface area contributed by atoms with Gasteiger partial charge in [0, 0.05) is 18.2 Å². The van der Waals surface area contributed by atoms with Gasteiger partial charge in [-0.15, -0.1) is 0 Å². The van der Waals surface area contributed by atoms with Gasteiger partial charge < -0.3 is 10.2 Å². The third-order valence-corrected chi connectivity index (χ3v) is 5.20. The van der Waals surface area contributed by atoms with Crippen molar-refractivity contribution in [3.63, 3.8) is 0 Å². The van der Waals surface area contributed by atoms with Gasteiger partial charge in [0.05, 0.1) is 0 Å². The van der Waals surface area contributed by atoms with Crippen molar-refractivity contribution in [2.45, 2.75) is 51.0 Å². The SMILES string of the molecule is O=C(N[C@@H]1CCCC[C@H]1CN1CCCCC1)c1ccccc1. The van der Waals surface area contributed by atoms with Gasteiger partial charge in [0.1, 0.15) is 0 Å². The van der Waals surface area contributed by atoms with Crippen LogP contribution in [0.5, 0.6) is 0 Å². The first kappa shape index (κ1) is 15.5. The predicted molar refractivity (Wildman–Crippen MR) is 89.9 cm³/mol. The Morgan fingerprint density at radius 3 is 2.50 bits per heavy atom. The summed E-state index contributed by atoms with van der Waals surface area (Å²) in [5.74, 6) is 0.718. The van der Waals surface area contributed by atoms with Crippen molar-refractivity contribution in [1.29, 1.82) is 0 Å². The summed E-state index contributed by atoms with van der Waals surface area (Å²) in [4.78, 5) is 15.0. The van der Waals surface area contributed by atoms with E-state index in [2.05, 4.69) is 10.2 Å². The van der Waals surface area contributed by atoms with E-state index >= 15 is 0 Å². The molecular weight excluding hydrogens is 272 g/mol. The molecular formula is C19H28N2O. The standard InChI is InChI=1S/C19H28N2O/c22-19(16-9-3-1-4-10-16)20-18-12-6-5-11-17(18)15-21-13-7-2-8-14-21/h1,3-4,9-10,17-18H,2,5-8,11-15H2,(H,20,22)/t17-,18+/m0/s1. The van der Waals surface area contributed by atoms with Crippen LogP contribution in [-0.4, -0.2) is 36.5 Å². The van der Waals surface area contributed by atoms with Crippen LogP contribution in [0.25, 0.3) is 0 Å². The molecule has 1 aliphatic carbocycles. The summed E-state index contributed by atoms with van der Waals surface area (Å²) in [5.41, 5.74) is 0.782. The van der Waals surface area contributed by atoms with Gasteiger partial charge in [-0.25, -0.2) is 0 Å². The first-order valence-electron chi connectivity index (χ1n) is 8.91. The first-order valence-corrected chi connectivity index (χ1v) is 8.91. The molecule has 2 atom stereocenters. The Kier molecular flexibility index (Phi) is 5.49. The zero-order chi connectivity index (χ0) is 15.2. The molecule has 1 aromatic carbocycles. The Morgan fingerprint density at radius 1 is 1.00 bits per heavy atom. The molecule has 0 radical (unpaired) electrons. The van der Waals surface area contributed by atoms with E-state index in [-0.39, 0.29) is 5.91 Å². The van der Waals surface area contributed by atoms with Gasteiger partial charge in [-0.3, -0.25) is 4.79 Å². The Bertz CT molecular complexity index is 468. The number of carbonyl (C=O) groups is 1. The van der Waals surface area contributed by atoms with E-state index in [1.807, 2.05) is 30.3 Å². The molecule has 1 N–H and O–H groups in total. The molecule has 1 saturated carbocycles. The molecule has 1 saturated heterocycles. The van der Waals surface area contributed by atoms with Crippen molar-refractivity contribution in [2.75, 3.05) is 19.6 Å². The molecule has 3 heteroatoms. The molecule has 1 aromatic rings. The van der Waals surface area contributed by atoms with E-state index in [9.17, 15) is 4.79 Å². The molecule has 120 valence electrons. The van der Waals surface area contributed by atoms with Crippen LogP contribution in [0.2, 0.25) is 0 Å². The molecule has 22 heavy (non-hydrogen) atoms. The second-order valence-corrected chi connectivity index (χ2v) is 6.85. The molecule has 0 aromatic heterocycles. The minimum absolute atomic E-state index is 0.0937. The second kappa shape index (κ2) is 7.77. The van der Waals surface area contributed by atoms with E-state index < -0.39 is 0 Å². The van der Waals surface area contributed by atoms with E-state index in [0.29, 0.717) is 12.0 Å². The van der Waals surface area contributed by atoms with Gasteiger partial charge in [-0.05, 0) is 56.8 Å². The zero-order valence-corrected chi connectivity index (χ0v) is 13.5. The lowest BCUT2D eigenvalue weighted by molar-refractivity contribution is 0.0877.